The van der Waals surface area contributed by atoms with E-state index in [1.54, 1.807) is 33.4 Å². The largest absolute Gasteiger partial charge is 0.354 e. The Morgan fingerprint density at radius 1 is 1.13 bits per heavy atom. The summed E-state index contributed by atoms with van der Waals surface area (Å²) in [4.78, 5) is 0. The monoisotopic (exact) mass is 213 g/mol. The third-order valence-electron chi connectivity index (χ3n) is 2.28. The van der Waals surface area contributed by atoms with Gasteiger partial charge in [-0.05, 0) is 24.7 Å². The molecule has 0 aliphatic carbocycles. The van der Waals surface area contributed by atoms with Crippen LogP contribution in [0.5, 0.6) is 0 Å². The summed E-state index contributed by atoms with van der Waals surface area (Å²) in [6.45, 7) is 0. The number of benzene rings is 1. The number of rotatable bonds is 5. The lowest BCUT2D eigenvalue weighted by Gasteiger charge is -2.24. The van der Waals surface area contributed by atoms with Gasteiger partial charge < -0.3 is 14.8 Å². The minimum absolute atomic E-state index is 0.111. The predicted molar refractivity (Wildman–Crippen MR) is 56.0 cm³/mol. The second-order valence-corrected chi connectivity index (χ2v) is 3.16. The lowest BCUT2D eigenvalue weighted by Crippen LogP contribution is -2.32. The average Bonchev–Trinajstić information content (AvgIpc) is 2.27. The van der Waals surface area contributed by atoms with E-state index in [0.717, 1.165) is 5.56 Å². The molecule has 4 heteroatoms. The van der Waals surface area contributed by atoms with Crippen LogP contribution >= 0.6 is 0 Å². The summed E-state index contributed by atoms with van der Waals surface area (Å²) >= 11 is 0. The SMILES string of the molecule is CNC(c1ccc(F)cc1)C(OC)OC. The van der Waals surface area contributed by atoms with Gasteiger partial charge in [0.05, 0.1) is 6.04 Å². The third kappa shape index (κ3) is 2.99. The van der Waals surface area contributed by atoms with Crippen LogP contribution in [0.15, 0.2) is 24.3 Å². The molecule has 0 aliphatic heterocycles. The number of likely N-dealkylation sites (N-methyl/N-ethyl adjacent to an activating group) is 1. The number of hydrogen-bond donors (Lipinski definition) is 1. The maximum atomic E-state index is 12.7. The van der Waals surface area contributed by atoms with Crippen LogP contribution in [0, 0.1) is 5.82 Å². The third-order valence-corrected chi connectivity index (χ3v) is 2.28. The Hall–Kier alpha value is -0.970. The van der Waals surface area contributed by atoms with Gasteiger partial charge in [-0.25, -0.2) is 4.39 Å². The van der Waals surface area contributed by atoms with Gasteiger partial charge in [0.15, 0.2) is 6.29 Å². The van der Waals surface area contributed by atoms with Crippen molar-refractivity contribution >= 4 is 0 Å². The van der Waals surface area contributed by atoms with E-state index >= 15 is 0 Å². The molecule has 3 nitrogen and oxygen atoms in total. The normalized spacial score (nSPS) is 13.1. The zero-order valence-electron chi connectivity index (χ0n) is 9.16. The van der Waals surface area contributed by atoms with E-state index in [1.165, 1.54) is 12.1 Å². The van der Waals surface area contributed by atoms with E-state index in [9.17, 15) is 4.39 Å². The number of methoxy groups -OCH3 is 2. The number of nitrogens with one attached hydrogen (secondary N) is 1. The van der Waals surface area contributed by atoms with Gasteiger partial charge in [0.1, 0.15) is 5.82 Å². The number of halogens is 1. The second kappa shape index (κ2) is 5.80. The van der Waals surface area contributed by atoms with Crippen molar-refractivity contribution in [2.45, 2.75) is 12.3 Å². The molecule has 0 saturated carbocycles. The van der Waals surface area contributed by atoms with Crippen molar-refractivity contribution < 1.29 is 13.9 Å². The summed E-state index contributed by atoms with van der Waals surface area (Å²) < 4.78 is 23.1. The van der Waals surface area contributed by atoms with Crippen molar-refractivity contribution in [1.82, 2.24) is 5.32 Å². The molecule has 1 N–H and O–H groups in total. The van der Waals surface area contributed by atoms with Crippen LogP contribution in [-0.2, 0) is 9.47 Å². The van der Waals surface area contributed by atoms with Gasteiger partial charge in [0, 0.05) is 14.2 Å². The fraction of sp³-hybridized carbons (Fsp3) is 0.455. The molecule has 1 aromatic carbocycles. The summed E-state index contributed by atoms with van der Waals surface area (Å²) in [5, 5.41) is 3.07. The minimum Gasteiger partial charge on any atom is -0.354 e. The van der Waals surface area contributed by atoms with Gasteiger partial charge in [-0.15, -0.1) is 0 Å². The zero-order valence-corrected chi connectivity index (χ0v) is 9.16. The summed E-state index contributed by atoms with van der Waals surface area (Å²) in [7, 11) is 4.95. The first-order valence-electron chi connectivity index (χ1n) is 4.71. The van der Waals surface area contributed by atoms with E-state index in [2.05, 4.69) is 5.32 Å². The van der Waals surface area contributed by atoms with Crippen LogP contribution in [0.4, 0.5) is 4.39 Å². The minimum atomic E-state index is -0.388. The Kier molecular flexibility index (Phi) is 4.68. The molecule has 0 spiro atoms. The smallest absolute Gasteiger partial charge is 0.176 e. The molecule has 0 saturated heterocycles. The lowest BCUT2D eigenvalue weighted by atomic mass is 10.1. The fourth-order valence-corrected chi connectivity index (χ4v) is 1.50. The van der Waals surface area contributed by atoms with E-state index in [1.807, 2.05) is 0 Å². The van der Waals surface area contributed by atoms with Crippen LogP contribution in [0.3, 0.4) is 0 Å². The van der Waals surface area contributed by atoms with Gasteiger partial charge >= 0.3 is 0 Å². The van der Waals surface area contributed by atoms with E-state index in [0.29, 0.717) is 0 Å². The highest BCUT2D eigenvalue weighted by atomic mass is 19.1. The molecule has 1 atom stereocenters. The van der Waals surface area contributed by atoms with Crippen LogP contribution in [0.2, 0.25) is 0 Å². The summed E-state index contributed by atoms with van der Waals surface area (Å²) in [5.41, 5.74) is 0.924. The molecule has 1 rings (SSSR count). The molecule has 84 valence electrons. The molecule has 0 bridgehead atoms. The Balaban J connectivity index is 2.86. The molecule has 0 heterocycles. The number of hydrogen-bond acceptors (Lipinski definition) is 3. The number of ether oxygens (including phenoxy) is 2. The molecule has 0 fully saturated rings. The summed E-state index contributed by atoms with van der Waals surface area (Å²) in [5.74, 6) is -0.250. The first kappa shape index (κ1) is 12.1. The van der Waals surface area contributed by atoms with E-state index < -0.39 is 0 Å². The molecule has 15 heavy (non-hydrogen) atoms. The topological polar surface area (TPSA) is 30.5 Å². The van der Waals surface area contributed by atoms with Crippen LogP contribution in [0.25, 0.3) is 0 Å². The van der Waals surface area contributed by atoms with Crippen molar-refractivity contribution in [1.29, 1.82) is 0 Å². The predicted octanol–water partition coefficient (Wildman–Crippen LogP) is 1.71. The van der Waals surface area contributed by atoms with E-state index in [4.69, 9.17) is 9.47 Å². The molecule has 0 radical (unpaired) electrons. The van der Waals surface area contributed by atoms with Crippen LogP contribution < -0.4 is 5.32 Å². The van der Waals surface area contributed by atoms with Crippen LogP contribution in [0.1, 0.15) is 11.6 Å². The second-order valence-electron chi connectivity index (χ2n) is 3.16. The Bertz CT molecular complexity index is 285. The van der Waals surface area contributed by atoms with Crippen molar-refractivity contribution in [2.24, 2.45) is 0 Å². The summed E-state index contributed by atoms with van der Waals surface area (Å²) in [6, 6.07) is 6.15. The highest BCUT2D eigenvalue weighted by molar-refractivity contribution is 5.20. The fourth-order valence-electron chi connectivity index (χ4n) is 1.50. The lowest BCUT2D eigenvalue weighted by molar-refractivity contribution is -0.123. The molecule has 1 unspecified atom stereocenters. The average molecular weight is 213 g/mol. The molecular weight excluding hydrogens is 197 g/mol. The standard InChI is InChI=1S/C11H16FNO2/c1-13-10(11(14-2)15-3)8-4-6-9(12)7-5-8/h4-7,10-11,13H,1-3H3. The molecule has 0 amide bonds. The van der Waals surface area contributed by atoms with Crippen molar-refractivity contribution in [3.8, 4) is 0 Å². The van der Waals surface area contributed by atoms with E-state index in [-0.39, 0.29) is 18.1 Å². The Morgan fingerprint density at radius 2 is 1.67 bits per heavy atom. The van der Waals surface area contributed by atoms with Crippen molar-refractivity contribution in [3.05, 3.63) is 35.6 Å². The highest BCUT2D eigenvalue weighted by Gasteiger charge is 2.20. The van der Waals surface area contributed by atoms with Gasteiger partial charge in [-0.2, -0.15) is 0 Å². The highest BCUT2D eigenvalue weighted by Crippen LogP contribution is 2.19. The maximum absolute atomic E-state index is 12.7. The van der Waals surface area contributed by atoms with Gasteiger partial charge in [-0.3, -0.25) is 0 Å². The van der Waals surface area contributed by atoms with Gasteiger partial charge in [0.2, 0.25) is 0 Å². The van der Waals surface area contributed by atoms with Crippen molar-refractivity contribution in [2.75, 3.05) is 21.3 Å². The quantitative estimate of drug-likeness (QED) is 0.755. The molecule has 0 aromatic heterocycles. The maximum Gasteiger partial charge on any atom is 0.176 e. The van der Waals surface area contributed by atoms with Crippen LogP contribution in [-0.4, -0.2) is 27.6 Å². The zero-order chi connectivity index (χ0) is 11.3. The first-order chi connectivity index (χ1) is 7.22. The Labute approximate surface area is 89.2 Å². The van der Waals surface area contributed by atoms with Gasteiger partial charge in [0.25, 0.3) is 0 Å². The molecule has 1 aromatic rings. The van der Waals surface area contributed by atoms with Crippen molar-refractivity contribution in [3.63, 3.8) is 0 Å². The first-order valence-corrected chi connectivity index (χ1v) is 4.71. The molecule has 0 aliphatic rings. The van der Waals surface area contributed by atoms with Gasteiger partial charge in [-0.1, -0.05) is 12.1 Å². The Morgan fingerprint density at radius 3 is 2.07 bits per heavy atom. The summed E-state index contributed by atoms with van der Waals surface area (Å²) in [6.07, 6.45) is -0.388. The molecular formula is C11H16FNO2.